The van der Waals surface area contributed by atoms with Crippen molar-refractivity contribution in [3.8, 4) is 0 Å². The first-order chi connectivity index (χ1) is 7.73. The molecule has 16 heavy (non-hydrogen) atoms. The maximum Gasteiger partial charge on any atom is 0.311 e. The molecule has 1 aliphatic carbocycles. The van der Waals surface area contributed by atoms with Crippen LogP contribution in [0.2, 0.25) is 0 Å². The molecule has 1 aliphatic rings. The van der Waals surface area contributed by atoms with Crippen LogP contribution in [0.5, 0.6) is 0 Å². The van der Waals surface area contributed by atoms with Crippen LogP contribution in [0.15, 0.2) is 5.51 Å². The molecule has 0 atom stereocenters. The van der Waals surface area contributed by atoms with Crippen molar-refractivity contribution < 1.29 is 9.90 Å². The molecule has 0 spiro atoms. The summed E-state index contributed by atoms with van der Waals surface area (Å²) in [5.74, 6) is -0.691. The summed E-state index contributed by atoms with van der Waals surface area (Å²) in [6.07, 6.45) is 4.67. The fraction of sp³-hybridized carbons (Fsp3) is 0.700. The minimum atomic E-state index is -0.691. The maximum atomic E-state index is 11.4. The van der Waals surface area contributed by atoms with Gasteiger partial charge in [0.1, 0.15) is 5.51 Å². The number of aliphatic carboxylic acids is 1. The number of carboxylic acid groups (broad SMARTS) is 1. The zero-order valence-corrected chi connectivity index (χ0v) is 9.79. The number of carbonyl (C=O) groups is 1. The summed E-state index contributed by atoms with van der Waals surface area (Å²) >= 11 is 1.40. The molecule has 1 fully saturated rings. The highest BCUT2D eigenvalue weighted by atomic mass is 32.1. The molecule has 0 unspecified atom stereocenters. The molecule has 2 N–H and O–H groups in total. The van der Waals surface area contributed by atoms with E-state index in [9.17, 15) is 9.90 Å². The summed E-state index contributed by atoms with van der Waals surface area (Å²) in [7, 11) is 0. The van der Waals surface area contributed by atoms with Crippen molar-refractivity contribution in [3.05, 3.63) is 5.51 Å². The third-order valence-electron chi connectivity index (χ3n) is 3.20. The van der Waals surface area contributed by atoms with Crippen molar-refractivity contribution in [3.63, 3.8) is 0 Å². The Labute approximate surface area is 97.9 Å². The largest absolute Gasteiger partial charge is 0.481 e. The number of hydrogen-bond acceptors (Lipinski definition) is 5. The molecular weight excluding hydrogens is 226 g/mol. The molecular formula is C10H15N3O2S. The van der Waals surface area contributed by atoms with Gasteiger partial charge in [-0.3, -0.25) is 4.79 Å². The number of aromatic nitrogens is 2. The van der Waals surface area contributed by atoms with Crippen molar-refractivity contribution in [1.29, 1.82) is 0 Å². The van der Waals surface area contributed by atoms with Crippen LogP contribution in [-0.4, -0.2) is 27.8 Å². The second kappa shape index (κ2) is 4.78. The van der Waals surface area contributed by atoms with E-state index in [4.69, 9.17) is 0 Å². The molecule has 88 valence electrons. The second-order valence-corrected chi connectivity index (χ2v) is 5.08. The van der Waals surface area contributed by atoms with E-state index in [2.05, 4.69) is 15.5 Å². The fourth-order valence-electron chi connectivity index (χ4n) is 2.19. The van der Waals surface area contributed by atoms with Gasteiger partial charge in [-0.1, -0.05) is 30.6 Å². The van der Waals surface area contributed by atoms with Gasteiger partial charge in [0.25, 0.3) is 0 Å². The van der Waals surface area contributed by atoms with Crippen LogP contribution in [0, 0.1) is 5.41 Å². The molecule has 0 aliphatic heterocycles. The summed E-state index contributed by atoms with van der Waals surface area (Å²) in [6, 6.07) is 0. The predicted molar refractivity (Wildman–Crippen MR) is 61.6 cm³/mol. The van der Waals surface area contributed by atoms with Crippen molar-refractivity contribution in [2.75, 3.05) is 11.9 Å². The Kier molecular flexibility index (Phi) is 3.38. The van der Waals surface area contributed by atoms with E-state index in [1.165, 1.54) is 11.3 Å². The fourth-order valence-corrected chi connectivity index (χ4v) is 2.63. The third-order valence-corrected chi connectivity index (χ3v) is 3.85. The molecule has 0 aromatic carbocycles. The quantitative estimate of drug-likeness (QED) is 0.843. The Balaban J connectivity index is 2.00. The smallest absolute Gasteiger partial charge is 0.311 e. The van der Waals surface area contributed by atoms with E-state index >= 15 is 0 Å². The number of rotatable bonds is 4. The van der Waals surface area contributed by atoms with Gasteiger partial charge >= 0.3 is 5.97 Å². The van der Waals surface area contributed by atoms with Gasteiger partial charge in [0.05, 0.1) is 5.41 Å². The molecule has 0 radical (unpaired) electrons. The maximum absolute atomic E-state index is 11.4. The molecule has 1 aromatic heterocycles. The van der Waals surface area contributed by atoms with Gasteiger partial charge in [0.15, 0.2) is 0 Å². The molecule has 1 heterocycles. The van der Waals surface area contributed by atoms with E-state index in [1.807, 2.05) is 0 Å². The average molecular weight is 241 g/mol. The minimum absolute atomic E-state index is 0.456. The van der Waals surface area contributed by atoms with E-state index < -0.39 is 11.4 Å². The van der Waals surface area contributed by atoms with Crippen LogP contribution >= 0.6 is 11.3 Å². The number of hydrogen-bond donors (Lipinski definition) is 2. The Bertz CT molecular complexity index is 347. The van der Waals surface area contributed by atoms with Crippen LogP contribution < -0.4 is 5.32 Å². The average Bonchev–Trinajstić information content (AvgIpc) is 2.80. The van der Waals surface area contributed by atoms with E-state index in [0.717, 1.165) is 32.1 Å². The highest BCUT2D eigenvalue weighted by Gasteiger charge is 2.39. The standard InChI is InChI=1S/C10H15N3O2S/c14-8(15)10(4-2-1-3-5-10)6-11-9-13-12-7-16-9/h7H,1-6H2,(H,11,13)(H,14,15). The van der Waals surface area contributed by atoms with Gasteiger partial charge < -0.3 is 10.4 Å². The van der Waals surface area contributed by atoms with Gasteiger partial charge in [0.2, 0.25) is 5.13 Å². The van der Waals surface area contributed by atoms with E-state index in [1.54, 1.807) is 5.51 Å². The first kappa shape index (κ1) is 11.3. The summed E-state index contributed by atoms with van der Waals surface area (Å²) in [4.78, 5) is 11.4. The van der Waals surface area contributed by atoms with Crippen LogP contribution in [0.25, 0.3) is 0 Å². The second-order valence-electron chi connectivity index (χ2n) is 4.24. The molecule has 1 aromatic rings. The number of anilines is 1. The monoisotopic (exact) mass is 241 g/mol. The topological polar surface area (TPSA) is 75.1 Å². The molecule has 0 bridgehead atoms. The Hall–Kier alpha value is -1.17. The lowest BCUT2D eigenvalue weighted by Gasteiger charge is -2.33. The molecule has 6 heteroatoms. The summed E-state index contributed by atoms with van der Waals surface area (Å²) in [5.41, 5.74) is 1.03. The Morgan fingerprint density at radius 1 is 1.50 bits per heavy atom. The number of carboxylic acids is 1. The minimum Gasteiger partial charge on any atom is -0.481 e. The van der Waals surface area contributed by atoms with E-state index in [0.29, 0.717) is 11.7 Å². The van der Waals surface area contributed by atoms with Crippen LogP contribution in [-0.2, 0) is 4.79 Å². The Morgan fingerprint density at radius 3 is 2.81 bits per heavy atom. The third kappa shape index (κ3) is 2.32. The predicted octanol–water partition coefficient (Wildman–Crippen LogP) is 1.99. The zero-order valence-electron chi connectivity index (χ0n) is 8.98. The lowest BCUT2D eigenvalue weighted by Crippen LogP contribution is -2.39. The van der Waals surface area contributed by atoms with Gasteiger partial charge in [-0.15, -0.1) is 10.2 Å². The van der Waals surface area contributed by atoms with Gasteiger partial charge in [-0.2, -0.15) is 0 Å². The summed E-state index contributed by atoms with van der Waals surface area (Å²) in [5, 5.41) is 20.7. The first-order valence-electron chi connectivity index (χ1n) is 5.46. The summed E-state index contributed by atoms with van der Waals surface area (Å²) < 4.78 is 0. The summed E-state index contributed by atoms with van der Waals surface area (Å²) in [6.45, 7) is 0.456. The van der Waals surface area contributed by atoms with Crippen molar-refractivity contribution in [2.45, 2.75) is 32.1 Å². The van der Waals surface area contributed by atoms with Crippen molar-refractivity contribution in [2.24, 2.45) is 5.41 Å². The molecule has 2 rings (SSSR count). The van der Waals surface area contributed by atoms with E-state index in [-0.39, 0.29) is 0 Å². The normalized spacial score (nSPS) is 19.2. The van der Waals surface area contributed by atoms with Crippen molar-refractivity contribution in [1.82, 2.24) is 10.2 Å². The molecule has 1 saturated carbocycles. The number of nitrogens with one attached hydrogen (secondary N) is 1. The zero-order chi connectivity index (χ0) is 11.4. The highest BCUT2D eigenvalue weighted by Crippen LogP contribution is 2.36. The molecule has 5 nitrogen and oxygen atoms in total. The lowest BCUT2D eigenvalue weighted by molar-refractivity contribution is -0.150. The van der Waals surface area contributed by atoms with Crippen LogP contribution in [0.3, 0.4) is 0 Å². The first-order valence-corrected chi connectivity index (χ1v) is 6.34. The molecule has 0 amide bonds. The molecule has 0 saturated heterocycles. The SMILES string of the molecule is O=C(O)C1(CNc2nncs2)CCCCC1. The van der Waals surface area contributed by atoms with Crippen molar-refractivity contribution >= 4 is 22.4 Å². The van der Waals surface area contributed by atoms with Crippen LogP contribution in [0.1, 0.15) is 32.1 Å². The number of nitrogens with zero attached hydrogens (tertiary/aromatic N) is 2. The van der Waals surface area contributed by atoms with Gasteiger partial charge in [-0.25, -0.2) is 0 Å². The lowest BCUT2D eigenvalue weighted by atomic mass is 9.74. The van der Waals surface area contributed by atoms with Gasteiger partial charge in [0, 0.05) is 6.54 Å². The van der Waals surface area contributed by atoms with Gasteiger partial charge in [-0.05, 0) is 12.8 Å². The Morgan fingerprint density at radius 2 is 2.25 bits per heavy atom. The van der Waals surface area contributed by atoms with Crippen LogP contribution in [0.4, 0.5) is 5.13 Å². The highest BCUT2D eigenvalue weighted by molar-refractivity contribution is 7.13.